The quantitative estimate of drug-likeness (QED) is 0.561. The van der Waals surface area contributed by atoms with Gasteiger partial charge in [0, 0.05) is 30.6 Å². The number of para-hydroxylation sites is 1. The summed E-state index contributed by atoms with van der Waals surface area (Å²) in [6.07, 6.45) is 0.359. The summed E-state index contributed by atoms with van der Waals surface area (Å²) in [6.45, 7) is 6.11. The predicted octanol–water partition coefficient (Wildman–Crippen LogP) is 4.05. The van der Waals surface area contributed by atoms with Crippen LogP contribution in [0.25, 0.3) is 11.4 Å². The third kappa shape index (κ3) is 4.30. The second-order valence-corrected chi connectivity index (χ2v) is 7.13. The van der Waals surface area contributed by atoms with E-state index in [4.69, 9.17) is 14.0 Å². The molecule has 7 heteroatoms. The zero-order valence-electron chi connectivity index (χ0n) is 17.2. The fraction of sp³-hybridized carbons (Fsp3) is 0.348. The minimum Gasteiger partial charge on any atom is -0.494 e. The van der Waals surface area contributed by atoms with Crippen LogP contribution >= 0.6 is 0 Å². The Morgan fingerprint density at radius 3 is 2.77 bits per heavy atom. The van der Waals surface area contributed by atoms with Gasteiger partial charge in [0.25, 0.3) is 0 Å². The van der Waals surface area contributed by atoms with Crippen LogP contribution in [0.5, 0.6) is 11.5 Å². The van der Waals surface area contributed by atoms with Gasteiger partial charge in [0.05, 0.1) is 19.1 Å². The maximum Gasteiger partial charge on any atom is 0.232 e. The molecule has 0 spiro atoms. The lowest BCUT2D eigenvalue weighted by Crippen LogP contribution is -2.24. The SMILES string of the molecule is CCOc1cccc(-c2noc(C3CC(=O)N(Cc4ccccc4OCC)C3)n2)c1. The van der Waals surface area contributed by atoms with Crippen molar-refractivity contribution >= 4 is 5.91 Å². The molecule has 4 rings (SSSR count). The molecule has 1 aliphatic rings. The summed E-state index contributed by atoms with van der Waals surface area (Å²) in [5, 5.41) is 4.11. The molecular weight excluding hydrogens is 382 g/mol. The highest BCUT2D eigenvalue weighted by atomic mass is 16.5. The lowest BCUT2D eigenvalue weighted by Gasteiger charge is -2.18. The molecule has 2 heterocycles. The molecule has 1 aliphatic heterocycles. The van der Waals surface area contributed by atoms with Crippen molar-refractivity contribution in [3.05, 3.63) is 60.0 Å². The lowest BCUT2D eigenvalue weighted by molar-refractivity contribution is -0.128. The Bertz CT molecular complexity index is 1020. The van der Waals surface area contributed by atoms with Gasteiger partial charge in [-0.1, -0.05) is 35.5 Å². The maximum atomic E-state index is 12.6. The summed E-state index contributed by atoms with van der Waals surface area (Å²) in [4.78, 5) is 19.0. The number of aromatic nitrogens is 2. The Hall–Kier alpha value is -3.35. The number of carbonyl (C=O) groups is 1. The van der Waals surface area contributed by atoms with E-state index < -0.39 is 0 Å². The van der Waals surface area contributed by atoms with E-state index in [2.05, 4.69) is 10.1 Å². The van der Waals surface area contributed by atoms with E-state index in [0.29, 0.717) is 44.4 Å². The van der Waals surface area contributed by atoms with E-state index in [1.807, 2.05) is 67.3 Å². The van der Waals surface area contributed by atoms with E-state index in [0.717, 1.165) is 22.6 Å². The molecule has 1 atom stereocenters. The molecule has 1 aromatic heterocycles. The van der Waals surface area contributed by atoms with Gasteiger partial charge in [-0.15, -0.1) is 0 Å². The van der Waals surface area contributed by atoms with Gasteiger partial charge in [-0.25, -0.2) is 0 Å². The van der Waals surface area contributed by atoms with Gasteiger partial charge >= 0.3 is 0 Å². The minimum absolute atomic E-state index is 0.0735. The zero-order valence-corrected chi connectivity index (χ0v) is 17.2. The lowest BCUT2D eigenvalue weighted by atomic mass is 10.1. The largest absolute Gasteiger partial charge is 0.494 e. The Morgan fingerprint density at radius 2 is 1.93 bits per heavy atom. The van der Waals surface area contributed by atoms with E-state index in [9.17, 15) is 4.79 Å². The Labute approximate surface area is 175 Å². The van der Waals surface area contributed by atoms with Crippen LogP contribution < -0.4 is 9.47 Å². The number of ether oxygens (including phenoxy) is 2. The molecular formula is C23H25N3O4. The Morgan fingerprint density at radius 1 is 1.10 bits per heavy atom. The summed E-state index contributed by atoms with van der Waals surface area (Å²) in [5.41, 5.74) is 1.81. The van der Waals surface area contributed by atoms with Crippen molar-refractivity contribution in [1.82, 2.24) is 15.0 Å². The fourth-order valence-electron chi connectivity index (χ4n) is 3.64. The van der Waals surface area contributed by atoms with Crippen LogP contribution in [-0.2, 0) is 11.3 Å². The van der Waals surface area contributed by atoms with Gasteiger partial charge in [0.2, 0.25) is 17.6 Å². The highest BCUT2D eigenvalue weighted by Gasteiger charge is 2.34. The molecule has 0 radical (unpaired) electrons. The van der Waals surface area contributed by atoms with Crippen molar-refractivity contribution in [2.24, 2.45) is 0 Å². The number of carbonyl (C=O) groups excluding carboxylic acids is 1. The van der Waals surface area contributed by atoms with E-state index in [1.165, 1.54) is 0 Å². The van der Waals surface area contributed by atoms with Gasteiger partial charge in [-0.3, -0.25) is 4.79 Å². The summed E-state index contributed by atoms with van der Waals surface area (Å²) >= 11 is 0. The summed E-state index contributed by atoms with van der Waals surface area (Å²) < 4.78 is 16.7. The van der Waals surface area contributed by atoms with E-state index in [-0.39, 0.29) is 11.8 Å². The van der Waals surface area contributed by atoms with Gasteiger partial charge in [-0.05, 0) is 32.0 Å². The number of nitrogens with zero attached hydrogens (tertiary/aromatic N) is 3. The molecule has 30 heavy (non-hydrogen) atoms. The molecule has 1 saturated heterocycles. The molecule has 0 aliphatic carbocycles. The average molecular weight is 407 g/mol. The maximum absolute atomic E-state index is 12.6. The van der Waals surface area contributed by atoms with Crippen LogP contribution in [0.15, 0.2) is 53.1 Å². The van der Waals surface area contributed by atoms with Crippen molar-refractivity contribution in [3.8, 4) is 22.9 Å². The van der Waals surface area contributed by atoms with Crippen LogP contribution in [0.4, 0.5) is 0 Å². The number of benzene rings is 2. The van der Waals surface area contributed by atoms with Crippen LogP contribution in [-0.4, -0.2) is 40.7 Å². The van der Waals surface area contributed by atoms with Crippen LogP contribution in [0, 0.1) is 0 Å². The summed E-state index contributed by atoms with van der Waals surface area (Å²) in [5.74, 6) is 2.51. The monoisotopic (exact) mass is 407 g/mol. The van der Waals surface area contributed by atoms with Gasteiger partial charge in [0.1, 0.15) is 11.5 Å². The molecule has 2 aromatic carbocycles. The first-order valence-electron chi connectivity index (χ1n) is 10.2. The molecule has 0 saturated carbocycles. The molecule has 3 aromatic rings. The first-order chi connectivity index (χ1) is 14.7. The molecule has 7 nitrogen and oxygen atoms in total. The molecule has 1 fully saturated rings. The first-order valence-corrected chi connectivity index (χ1v) is 10.2. The number of hydrogen-bond donors (Lipinski definition) is 0. The zero-order chi connectivity index (χ0) is 20.9. The third-order valence-corrected chi connectivity index (χ3v) is 5.04. The number of rotatable bonds is 8. The second-order valence-electron chi connectivity index (χ2n) is 7.13. The van der Waals surface area contributed by atoms with Gasteiger partial charge < -0.3 is 18.9 Å². The van der Waals surface area contributed by atoms with Gasteiger partial charge in [0.15, 0.2) is 0 Å². The Kier molecular flexibility index (Phi) is 5.97. The van der Waals surface area contributed by atoms with Crippen molar-refractivity contribution in [2.45, 2.75) is 32.7 Å². The highest BCUT2D eigenvalue weighted by molar-refractivity contribution is 5.79. The van der Waals surface area contributed by atoms with Crippen molar-refractivity contribution in [1.29, 1.82) is 0 Å². The molecule has 0 N–H and O–H groups in total. The topological polar surface area (TPSA) is 77.7 Å². The minimum atomic E-state index is -0.118. The average Bonchev–Trinajstić information content (AvgIpc) is 3.38. The first kappa shape index (κ1) is 19.9. The van der Waals surface area contributed by atoms with Crippen LogP contribution in [0.3, 0.4) is 0 Å². The van der Waals surface area contributed by atoms with Crippen LogP contribution in [0.1, 0.15) is 37.6 Å². The second kappa shape index (κ2) is 8.98. The normalized spacial score (nSPS) is 16.1. The standard InChI is InChI=1S/C23H25N3O4/c1-3-28-19-10-7-9-16(12-19)22-24-23(30-25-22)18-13-21(27)26(15-18)14-17-8-5-6-11-20(17)29-4-2/h5-12,18H,3-4,13-15H2,1-2H3. The van der Waals surface area contributed by atoms with Gasteiger partial charge in [-0.2, -0.15) is 4.98 Å². The number of amides is 1. The van der Waals surface area contributed by atoms with Crippen LogP contribution in [0.2, 0.25) is 0 Å². The third-order valence-electron chi connectivity index (χ3n) is 5.04. The van der Waals surface area contributed by atoms with E-state index in [1.54, 1.807) is 0 Å². The van der Waals surface area contributed by atoms with Crippen molar-refractivity contribution < 1.29 is 18.8 Å². The summed E-state index contributed by atoms with van der Waals surface area (Å²) in [6, 6.07) is 15.4. The van der Waals surface area contributed by atoms with Crippen molar-refractivity contribution in [3.63, 3.8) is 0 Å². The molecule has 156 valence electrons. The highest BCUT2D eigenvalue weighted by Crippen LogP contribution is 2.31. The Balaban J connectivity index is 1.47. The smallest absolute Gasteiger partial charge is 0.232 e. The van der Waals surface area contributed by atoms with Crippen molar-refractivity contribution in [2.75, 3.05) is 19.8 Å². The molecule has 1 amide bonds. The molecule has 1 unspecified atom stereocenters. The number of likely N-dealkylation sites (tertiary alicyclic amines) is 1. The fourth-order valence-corrected chi connectivity index (χ4v) is 3.64. The number of hydrogen-bond acceptors (Lipinski definition) is 6. The predicted molar refractivity (Wildman–Crippen MR) is 111 cm³/mol. The van der Waals surface area contributed by atoms with E-state index >= 15 is 0 Å². The summed E-state index contributed by atoms with van der Waals surface area (Å²) in [7, 11) is 0. The molecule has 0 bridgehead atoms.